The van der Waals surface area contributed by atoms with Gasteiger partial charge in [-0.1, -0.05) is 0 Å². The molecule has 0 spiro atoms. The first-order valence-corrected chi connectivity index (χ1v) is 3.81. The number of hydrogen-bond acceptors (Lipinski definition) is 2. The second-order valence-electron chi connectivity index (χ2n) is 2.43. The SMILES string of the molecule is CCNc1ncccc1C(F)(F)F. The summed E-state index contributed by atoms with van der Waals surface area (Å²) in [5, 5.41) is 2.55. The van der Waals surface area contributed by atoms with Crippen LogP contribution in [0.3, 0.4) is 0 Å². The van der Waals surface area contributed by atoms with Crippen LogP contribution in [0.15, 0.2) is 18.3 Å². The molecule has 0 bridgehead atoms. The van der Waals surface area contributed by atoms with Crippen LogP contribution in [0.5, 0.6) is 0 Å². The van der Waals surface area contributed by atoms with Crippen molar-refractivity contribution in [2.45, 2.75) is 13.1 Å². The molecule has 72 valence electrons. The molecule has 0 aliphatic heterocycles. The van der Waals surface area contributed by atoms with Gasteiger partial charge in [0.2, 0.25) is 0 Å². The Hall–Kier alpha value is -1.26. The van der Waals surface area contributed by atoms with E-state index in [2.05, 4.69) is 10.3 Å². The zero-order valence-corrected chi connectivity index (χ0v) is 7.02. The van der Waals surface area contributed by atoms with Crippen molar-refractivity contribution >= 4 is 5.82 Å². The lowest BCUT2D eigenvalue weighted by molar-refractivity contribution is -0.137. The Morgan fingerprint density at radius 2 is 2.15 bits per heavy atom. The van der Waals surface area contributed by atoms with Crippen LogP contribution in [0.1, 0.15) is 12.5 Å². The Balaban J connectivity index is 3.05. The monoisotopic (exact) mass is 190 g/mol. The maximum absolute atomic E-state index is 12.3. The van der Waals surface area contributed by atoms with Gasteiger partial charge in [-0.2, -0.15) is 13.2 Å². The van der Waals surface area contributed by atoms with Gasteiger partial charge in [0.1, 0.15) is 5.82 Å². The highest BCUT2D eigenvalue weighted by atomic mass is 19.4. The van der Waals surface area contributed by atoms with E-state index in [0.29, 0.717) is 6.54 Å². The fourth-order valence-electron chi connectivity index (χ4n) is 0.942. The van der Waals surface area contributed by atoms with E-state index < -0.39 is 11.7 Å². The third-order valence-corrected chi connectivity index (χ3v) is 1.46. The van der Waals surface area contributed by atoms with E-state index in [1.165, 1.54) is 12.3 Å². The average molecular weight is 190 g/mol. The fourth-order valence-corrected chi connectivity index (χ4v) is 0.942. The van der Waals surface area contributed by atoms with Crippen LogP contribution in [-0.2, 0) is 6.18 Å². The molecule has 2 nitrogen and oxygen atoms in total. The van der Waals surface area contributed by atoms with Crippen molar-refractivity contribution < 1.29 is 13.2 Å². The summed E-state index contributed by atoms with van der Waals surface area (Å²) in [4.78, 5) is 3.60. The van der Waals surface area contributed by atoms with E-state index in [4.69, 9.17) is 0 Å². The molecule has 0 aromatic carbocycles. The van der Waals surface area contributed by atoms with Crippen molar-refractivity contribution in [2.24, 2.45) is 0 Å². The lowest BCUT2D eigenvalue weighted by Gasteiger charge is -2.11. The third kappa shape index (κ3) is 2.34. The van der Waals surface area contributed by atoms with E-state index in [1.54, 1.807) is 6.92 Å². The summed E-state index contributed by atoms with van der Waals surface area (Å²) in [6.07, 6.45) is -3.01. The van der Waals surface area contributed by atoms with Gasteiger partial charge in [0.15, 0.2) is 0 Å². The molecule has 13 heavy (non-hydrogen) atoms. The predicted octanol–water partition coefficient (Wildman–Crippen LogP) is 2.53. The minimum absolute atomic E-state index is 0.113. The van der Waals surface area contributed by atoms with Crippen LogP contribution >= 0.6 is 0 Å². The van der Waals surface area contributed by atoms with Crippen LogP contribution in [0, 0.1) is 0 Å². The van der Waals surface area contributed by atoms with Crippen molar-refractivity contribution in [3.05, 3.63) is 23.9 Å². The van der Waals surface area contributed by atoms with Crippen molar-refractivity contribution in [1.82, 2.24) is 4.98 Å². The van der Waals surface area contributed by atoms with E-state index in [-0.39, 0.29) is 5.82 Å². The second-order valence-corrected chi connectivity index (χ2v) is 2.43. The lowest BCUT2D eigenvalue weighted by atomic mass is 10.2. The summed E-state index contributed by atoms with van der Waals surface area (Å²) in [5.74, 6) is -0.113. The van der Waals surface area contributed by atoms with Crippen molar-refractivity contribution in [2.75, 3.05) is 11.9 Å². The molecule has 1 rings (SSSR count). The summed E-state index contributed by atoms with van der Waals surface area (Å²) in [7, 11) is 0. The Morgan fingerprint density at radius 1 is 1.46 bits per heavy atom. The highest BCUT2D eigenvalue weighted by Gasteiger charge is 2.33. The first-order chi connectivity index (χ1) is 6.05. The minimum atomic E-state index is -4.34. The molecule has 1 aromatic heterocycles. The van der Waals surface area contributed by atoms with Gasteiger partial charge in [-0.15, -0.1) is 0 Å². The lowest BCUT2D eigenvalue weighted by Crippen LogP contribution is -2.11. The maximum Gasteiger partial charge on any atom is 0.419 e. The number of pyridine rings is 1. The molecular weight excluding hydrogens is 181 g/mol. The summed E-state index contributed by atoms with van der Waals surface area (Å²) < 4.78 is 36.9. The smallest absolute Gasteiger partial charge is 0.370 e. The Kier molecular flexibility index (Phi) is 2.75. The zero-order valence-electron chi connectivity index (χ0n) is 7.02. The second kappa shape index (κ2) is 3.64. The molecule has 5 heteroatoms. The van der Waals surface area contributed by atoms with E-state index in [1.807, 2.05) is 0 Å². The fraction of sp³-hybridized carbons (Fsp3) is 0.375. The number of aromatic nitrogens is 1. The Bertz CT molecular complexity index is 283. The summed E-state index contributed by atoms with van der Waals surface area (Å²) in [6, 6.07) is 2.27. The number of nitrogens with one attached hydrogen (secondary N) is 1. The Labute approximate surface area is 73.8 Å². The van der Waals surface area contributed by atoms with Crippen LogP contribution in [-0.4, -0.2) is 11.5 Å². The number of alkyl halides is 3. The molecule has 1 heterocycles. The summed E-state index contributed by atoms with van der Waals surface area (Å²) in [6.45, 7) is 2.13. The quantitative estimate of drug-likeness (QED) is 0.775. The number of halogens is 3. The van der Waals surface area contributed by atoms with Gasteiger partial charge in [0.05, 0.1) is 5.56 Å². The van der Waals surface area contributed by atoms with Crippen LogP contribution in [0.25, 0.3) is 0 Å². The largest absolute Gasteiger partial charge is 0.419 e. The van der Waals surface area contributed by atoms with Gasteiger partial charge in [-0.25, -0.2) is 4.98 Å². The predicted molar refractivity (Wildman–Crippen MR) is 43.4 cm³/mol. The first kappa shape index (κ1) is 9.83. The van der Waals surface area contributed by atoms with E-state index in [9.17, 15) is 13.2 Å². The van der Waals surface area contributed by atoms with Gasteiger partial charge in [0, 0.05) is 12.7 Å². The number of hydrogen-bond donors (Lipinski definition) is 1. The molecule has 0 saturated heterocycles. The molecule has 1 N–H and O–H groups in total. The van der Waals surface area contributed by atoms with Crippen molar-refractivity contribution in [3.63, 3.8) is 0 Å². The van der Waals surface area contributed by atoms with E-state index in [0.717, 1.165) is 6.07 Å². The molecule has 1 aromatic rings. The zero-order chi connectivity index (χ0) is 9.90. The van der Waals surface area contributed by atoms with Gasteiger partial charge in [0.25, 0.3) is 0 Å². The van der Waals surface area contributed by atoms with Gasteiger partial charge in [-0.3, -0.25) is 0 Å². The average Bonchev–Trinajstić information content (AvgIpc) is 2.04. The van der Waals surface area contributed by atoms with Gasteiger partial charge < -0.3 is 5.32 Å². The number of nitrogens with zero attached hydrogens (tertiary/aromatic N) is 1. The summed E-state index contributed by atoms with van der Waals surface area (Å²) >= 11 is 0. The molecule has 0 radical (unpaired) electrons. The van der Waals surface area contributed by atoms with Gasteiger partial charge in [-0.05, 0) is 19.1 Å². The molecule has 0 aliphatic rings. The van der Waals surface area contributed by atoms with Crippen LogP contribution < -0.4 is 5.32 Å². The maximum atomic E-state index is 12.3. The van der Waals surface area contributed by atoms with E-state index >= 15 is 0 Å². The summed E-state index contributed by atoms with van der Waals surface area (Å²) in [5.41, 5.74) is -0.725. The molecule has 0 amide bonds. The van der Waals surface area contributed by atoms with Crippen molar-refractivity contribution in [1.29, 1.82) is 0 Å². The van der Waals surface area contributed by atoms with Gasteiger partial charge >= 0.3 is 6.18 Å². The Morgan fingerprint density at radius 3 is 2.69 bits per heavy atom. The number of anilines is 1. The molecule has 0 atom stereocenters. The minimum Gasteiger partial charge on any atom is -0.370 e. The highest BCUT2D eigenvalue weighted by Crippen LogP contribution is 2.33. The first-order valence-electron chi connectivity index (χ1n) is 3.81. The normalized spacial score (nSPS) is 11.4. The van der Waals surface area contributed by atoms with Crippen LogP contribution in [0.2, 0.25) is 0 Å². The standard InChI is InChI=1S/C8H9F3N2/c1-2-12-7-6(8(9,10)11)4-3-5-13-7/h3-5H,2H2,1H3,(H,12,13). The topological polar surface area (TPSA) is 24.9 Å². The molecular formula is C8H9F3N2. The molecule has 0 fully saturated rings. The molecule has 0 saturated carbocycles. The van der Waals surface area contributed by atoms with Crippen molar-refractivity contribution in [3.8, 4) is 0 Å². The molecule has 0 unspecified atom stereocenters. The molecule has 0 aliphatic carbocycles. The third-order valence-electron chi connectivity index (χ3n) is 1.46. The number of rotatable bonds is 2. The van der Waals surface area contributed by atoms with Crippen LogP contribution in [0.4, 0.5) is 19.0 Å². The highest BCUT2D eigenvalue weighted by molar-refractivity contribution is 5.45.